The van der Waals surface area contributed by atoms with E-state index in [1.165, 1.54) is 17.7 Å². The summed E-state index contributed by atoms with van der Waals surface area (Å²) in [6, 6.07) is 8.90. The van der Waals surface area contributed by atoms with E-state index in [9.17, 15) is 0 Å². The van der Waals surface area contributed by atoms with E-state index in [0.717, 1.165) is 11.0 Å². The third-order valence-electron chi connectivity index (χ3n) is 2.63. The van der Waals surface area contributed by atoms with Crippen LogP contribution in [-0.4, -0.2) is 25.1 Å². The molecule has 1 aromatic rings. The van der Waals surface area contributed by atoms with Gasteiger partial charge in [-0.2, -0.15) is 0 Å². The molecule has 0 aromatic heterocycles. The van der Waals surface area contributed by atoms with Gasteiger partial charge in [0.25, 0.3) is 0 Å². The summed E-state index contributed by atoms with van der Waals surface area (Å²) in [7, 11) is 4.62. The normalized spacial score (nSPS) is 12.9. The van der Waals surface area contributed by atoms with Gasteiger partial charge in [0.05, 0.1) is 20.6 Å². The first-order chi connectivity index (χ1) is 7.18. The van der Waals surface area contributed by atoms with Gasteiger partial charge >= 0.3 is 0 Å². The molecule has 1 heteroatoms. The third kappa shape index (κ3) is 4.80. The maximum Gasteiger partial charge on any atom is 0.104 e. The summed E-state index contributed by atoms with van der Waals surface area (Å²) in [5.74, 6) is 0. The first-order valence-electron chi connectivity index (χ1n) is 6.06. The van der Waals surface area contributed by atoms with E-state index in [2.05, 4.69) is 66.1 Å². The van der Waals surface area contributed by atoms with Crippen molar-refractivity contribution in [2.24, 2.45) is 5.41 Å². The van der Waals surface area contributed by atoms with Gasteiger partial charge in [0.15, 0.2) is 0 Å². The lowest BCUT2D eigenvalue weighted by atomic mass is 9.95. The maximum absolute atomic E-state index is 2.31. The third-order valence-corrected chi connectivity index (χ3v) is 2.63. The summed E-state index contributed by atoms with van der Waals surface area (Å²) < 4.78 is 1.05. The van der Waals surface area contributed by atoms with Crippen LogP contribution in [0.3, 0.4) is 0 Å². The van der Waals surface area contributed by atoms with Crippen LogP contribution < -0.4 is 0 Å². The van der Waals surface area contributed by atoms with Crippen LogP contribution in [0.2, 0.25) is 0 Å². The van der Waals surface area contributed by atoms with Crippen molar-refractivity contribution in [2.45, 2.75) is 34.2 Å². The van der Waals surface area contributed by atoms with E-state index in [1.54, 1.807) is 0 Å². The SMILES string of the molecule is Cc1ccc(C[N+](C)(C)CC(C)(C)C)cc1. The smallest absolute Gasteiger partial charge is 0.104 e. The first-order valence-corrected chi connectivity index (χ1v) is 6.06. The average molecular weight is 220 g/mol. The highest BCUT2D eigenvalue weighted by Crippen LogP contribution is 2.20. The molecule has 1 nitrogen and oxygen atoms in total. The Bertz CT molecular complexity index is 327. The van der Waals surface area contributed by atoms with Crippen molar-refractivity contribution >= 4 is 0 Å². The molecule has 16 heavy (non-hydrogen) atoms. The number of quaternary nitrogens is 1. The lowest BCUT2D eigenvalue weighted by molar-refractivity contribution is -0.909. The molecule has 0 saturated carbocycles. The summed E-state index contributed by atoms with van der Waals surface area (Å²) in [5, 5.41) is 0. The minimum absolute atomic E-state index is 0.383. The van der Waals surface area contributed by atoms with Crippen LogP contribution in [0.4, 0.5) is 0 Å². The Kier molecular flexibility index (Phi) is 3.80. The van der Waals surface area contributed by atoms with Gasteiger partial charge in [0, 0.05) is 11.0 Å². The van der Waals surface area contributed by atoms with Crippen LogP contribution in [0.25, 0.3) is 0 Å². The predicted molar refractivity (Wildman–Crippen MR) is 71.3 cm³/mol. The fourth-order valence-electron chi connectivity index (χ4n) is 2.53. The number of rotatable bonds is 3. The quantitative estimate of drug-likeness (QED) is 0.683. The number of aryl methyl sites for hydroxylation is 1. The van der Waals surface area contributed by atoms with E-state index < -0.39 is 0 Å². The molecule has 0 atom stereocenters. The van der Waals surface area contributed by atoms with Gasteiger partial charge in [0.1, 0.15) is 6.54 Å². The van der Waals surface area contributed by atoms with Crippen molar-refractivity contribution in [3.8, 4) is 0 Å². The first kappa shape index (κ1) is 13.2. The second-order valence-electron chi connectivity index (χ2n) is 6.80. The molecular formula is C15H26N+. The van der Waals surface area contributed by atoms with Crippen LogP contribution >= 0.6 is 0 Å². The maximum atomic E-state index is 2.31. The van der Waals surface area contributed by atoms with Crippen LogP contribution in [0.1, 0.15) is 31.9 Å². The van der Waals surface area contributed by atoms with Gasteiger partial charge < -0.3 is 4.48 Å². The largest absolute Gasteiger partial charge is 0.324 e. The molecule has 1 rings (SSSR count). The Balaban J connectivity index is 2.69. The molecule has 0 aliphatic carbocycles. The van der Waals surface area contributed by atoms with E-state index in [1.807, 2.05) is 0 Å². The van der Waals surface area contributed by atoms with E-state index >= 15 is 0 Å². The van der Waals surface area contributed by atoms with Crippen LogP contribution in [0.5, 0.6) is 0 Å². The summed E-state index contributed by atoms with van der Waals surface area (Å²) in [6.07, 6.45) is 0. The zero-order valence-corrected chi connectivity index (χ0v) is 11.7. The Morgan fingerprint density at radius 3 is 1.94 bits per heavy atom. The molecule has 0 saturated heterocycles. The van der Waals surface area contributed by atoms with E-state index in [4.69, 9.17) is 0 Å². The number of hydrogen-bond donors (Lipinski definition) is 0. The molecule has 0 fully saturated rings. The molecule has 0 unspecified atom stereocenters. The highest BCUT2D eigenvalue weighted by atomic mass is 15.3. The zero-order valence-electron chi connectivity index (χ0n) is 11.7. The van der Waals surface area contributed by atoms with E-state index in [0.29, 0.717) is 5.41 Å². The number of nitrogens with zero attached hydrogens (tertiary/aromatic N) is 1. The predicted octanol–water partition coefficient (Wildman–Crippen LogP) is 3.62. The molecule has 0 bridgehead atoms. The molecule has 90 valence electrons. The summed E-state index contributed by atoms with van der Waals surface area (Å²) >= 11 is 0. The Morgan fingerprint density at radius 1 is 1.00 bits per heavy atom. The lowest BCUT2D eigenvalue weighted by Crippen LogP contribution is -2.44. The Labute approximate surface area is 101 Å². The van der Waals surface area contributed by atoms with Crippen molar-refractivity contribution in [1.82, 2.24) is 0 Å². The van der Waals surface area contributed by atoms with Gasteiger partial charge in [-0.1, -0.05) is 50.6 Å². The van der Waals surface area contributed by atoms with Crippen molar-refractivity contribution in [2.75, 3.05) is 20.6 Å². The molecule has 0 N–H and O–H groups in total. The topological polar surface area (TPSA) is 0 Å². The average Bonchev–Trinajstić information content (AvgIpc) is 2.04. The van der Waals surface area contributed by atoms with Crippen molar-refractivity contribution in [3.63, 3.8) is 0 Å². The Hall–Kier alpha value is -0.820. The number of benzene rings is 1. The van der Waals surface area contributed by atoms with Crippen LogP contribution in [0, 0.1) is 12.3 Å². The minimum Gasteiger partial charge on any atom is -0.324 e. The van der Waals surface area contributed by atoms with E-state index in [-0.39, 0.29) is 0 Å². The van der Waals surface area contributed by atoms with Gasteiger partial charge in [-0.25, -0.2) is 0 Å². The Morgan fingerprint density at radius 2 is 1.50 bits per heavy atom. The van der Waals surface area contributed by atoms with Crippen LogP contribution in [0.15, 0.2) is 24.3 Å². The number of hydrogen-bond acceptors (Lipinski definition) is 0. The van der Waals surface area contributed by atoms with Crippen LogP contribution in [-0.2, 0) is 6.54 Å². The standard InChI is InChI=1S/C15H26N/c1-13-7-9-14(10-8-13)11-16(5,6)12-15(2,3)4/h7-10H,11-12H2,1-6H3/q+1. The molecule has 0 radical (unpaired) electrons. The summed E-state index contributed by atoms with van der Waals surface area (Å²) in [4.78, 5) is 0. The van der Waals surface area contributed by atoms with Gasteiger partial charge in [-0.3, -0.25) is 0 Å². The molecule has 0 spiro atoms. The summed E-state index contributed by atoms with van der Waals surface area (Å²) in [5.41, 5.74) is 3.15. The van der Waals surface area contributed by atoms with Crippen molar-refractivity contribution in [1.29, 1.82) is 0 Å². The van der Waals surface area contributed by atoms with Gasteiger partial charge in [-0.05, 0) is 6.92 Å². The molecule has 1 aromatic carbocycles. The summed E-state index contributed by atoms with van der Waals surface area (Å²) in [6.45, 7) is 11.4. The van der Waals surface area contributed by atoms with Gasteiger partial charge in [-0.15, -0.1) is 0 Å². The molecule has 0 heterocycles. The molecule has 0 amide bonds. The molecular weight excluding hydrogens is 194 g/mol. The molecule has 0 aliphatic heterocycles. The highest BCUT2D eigenvalue weighted by Gasteiger charge is 2.24. The minimum atomic E-state index is 0.383. The van der Waals surface area contributed by atoms with Crippen molar-refractivity contribution < 1.29 is 4.48 Å². The second-order valence-corrected chi connectivity index (χ2v) is 6.80. The fraction of sp³-hybridized carbons (Fsp3) is 0.600. The van der Waals surface area contributed by atoms with Gasteiger partial charge in [0.2, 0.25) is 0 Å². The molecule has 0 aliphatic rings. The highest BCUT2D eigenvalue weighted by molar-refractivity contribution is 5.20. The zero-order chi connectivity index (χ0) is 12.4. The fourth-order valence-corrected chi connectivity index (χ4v) is 2.53. The lowest BCUT2D eigenvalue weighted by Gasteiger charge is -2.35. The monoisotopic (exact) mass is 220 g/mol. The second kappa shape index (κ2) is 4.58. The van der Waals surface area contributed by atoms with Crippen molar-refractivity contribution in [3.05, 3.63) is 35.4 Å².